The molecular weight excluding hydrogens is 200 g/mol. The zero-order valence-corrected chi connectivity index (χ0v) is 9.34. The van der Waals surface area contributed by atoms with Gasteiger partial charge in [0.25, 0.3) is 0 Å². The highest BCUT2D eigenvalue weighted by molar-refractivity contribution is 5.25. The maximum absolute atomic E-state index is 5.96. The van der Waals surface area contributed by atoms with Gasteiger partial charge in [0.05, 0.1) is 5.66 Å². The highest BCUT2D eigenvalue weighted by Gasteiger charge is 2.30. The first kappa shape index (κ1) is 11.5. The van der Waals surface area contributed by atoms with Crippen LogP contribution in [0.25, 0.3) is 0 Å². The quantitative estimate of drug-likeness (QED) is 0.366. The standard InChI is InChI=1S/C12H20N4/c13-11(14)6-3-9(4-7-11)10-2-1-5-12(15,16)8-10/h1-4,6-7,9-10H,5,8,13-16H2. The average Bonchev–Trinajstić information content (AvgIpc) is 2.16. The fourth-order valence-corrected chi connectivity index (χ4v) is 2.28. The van der Waals surface area contributed by atoms with Crippen molar-refractivity contribution in [3.8, 4) is 0 Å². The molecule has 0 aromatic heterocycles. The number of nitrogens with two attached hydrogens (primary N) is 4. The fraction of sp³-hybridized carbons (Fsp3) is 0.500. The molecule has 8 N–H and O–H groups in total. The van der Waals surface area contributed by atoms with Gasteiger partial charge in [-0.25, -0.2) is 0 Å². The second-order valence-corrected chi connectivity index (χ2v) is 5.03. The van der Waals surface area contributed by atoms with E-state index in [0.29, 0.717) is 11.8 Å². The van der Waals surface area contributed by atoms with Crippen molar-refractivity contribution in [3.63, 3.8) is 0 Å². The van der Waals surface area contributed by atoms with E-state index in [1.54, 1.807) is 0 Å². The van der Waals surface area contributed by atoms with Crippen LogP contribution < -0.4 is 22.9 Å². The van der Waals surface area contributed by atoms with Gasteiger partial charge in [0, 0.05) is 5.92 Å². The van der Waals surface area contributed by atoms with Gasteiger partial charge in [-0.1, -0.05) is 24.3 Å². The van der Waals surface area contributed by atoms with Crippen LogP contribution in [-0.2, 0) is 0 Å². The van der Waals surface area contributed by atoms with Crippen molar-refractivity contribution in [2.45, 2.75) is 24.2 Å². The molecule has 0 aromatic rings. The van der Waals surface area contributed by atoms with E-state index in [1.165, 1.54) is 0 Å². The molecule has 0 fully saturated rings. The molecule has 0 aromatic carbocycles. The minimum absolute atomic E-state index is 0.295. The van der Waals surface area contributed by atoms with Crippen LogP contribution in [0.3, 0.4) is 0 Å². The van der Waals surface area contributed by atoms with Crippen LogP contribution >= 0.6 is 0 Å². The Hall–Kier alpha value is -0.940. The van der Waals surface area contributed by atoms with Crippen LogP contribution in [-0.4, -0.2) is 11.3 Å². The lowest BCUT2D eigenvalue weighted by atomic mass is 9.77. The van der Waals surface area contributed by atoms with Crippen LogP contribution in [0.1, 0.15) is 12.8 Å². The van der Waals surface area contributed by atoms with Crippen molar-refractivity contribution in [3.05, 3.63) is 36.5 Å². The predicted molar refractivity (Wildman–Crippen MR) is 65.8 cm³/mol. The molecule has 0 radical (unpaired) electrons. The van der Waals surface area contributed by atoms with E-state index in [1.807, 2.05) is 24.3 Å². The summed E-state index contributed by atoms with van der Waals surface area (Å²) in [4.78, 5) is 0. The molecule has 4 nitrogen and oxygen atoms in total. The van der Waals surface area contributed by atoms with Crippen LogP contribution in [0.15, 0.2) is 36.5 Å². The summed E-state index contributed by atoms with van der Waals surface area (Å²) in [6, 6.07) is 0. The third kappa shape index (κ3) is 2.59. The Balaban J connectivity index is 2.08. The molecule has 2 aliphatic carbocycles. The summed E-state index contributed by atoms with van der Waals surface area (Å²) in [6.45, 7) is 0. The van der Waals surface area contributed by atoms with Crippen molar-refractivity contribution < 1.29 is 0 Å². The van der Waals surface area contributed by atoms with Crippen molar-refractivity contribution in [1.29, 1.82) is 0 Å². The van der Waals surface area contributed by atoms with Gasteiger partial charge >= 0.3 is 0 Å². The number of hydrogen-bond acceptors (Lipinski definition) is 4. The number of hydrogen-bond donors (Lipinski definition) is 4. The Morgan fingerprint density at radius 1 is 0.938 bits per heavy atom. The van der Waals surface area contributed by atoms with Gasteiger partial charge in [-0.05, 0) is 30.9 Å². The minimum atomic E-state index is -0.808. The predicted octanol–water partition coefficient (Wildman–Crippen LogP) is -0.0778. The van der Waals surface area contributed by atoms with Crippen LogP contribution in [0.2, 0.25) is 0 Å². The first-order valence-electron chi connectivity index (χ1n) is 5.59. The average molecular weight is 220 g/mol. The Kier molecular flexibility index (Phi) is 2.75. The summed E-state index contributed by atoms with van der Waals surface area (Å²) in [6.07, 6.45) is 13.5. The summed E-state index contributed by atoms with van der Waals surface area (Å²) in [5.41, 5.74) is 22.0. The van der Waals surface area contributed by atoms with Gasteiger partial charge in [0.2, 0.25) is 0 Å². The maximum atomic E-state index is 5.96. The van der Waals surface area contributed by atoms with E-state index in [2.05, 4.69) is 12.2 Å². The van der Waals surface area contributed by atoms with Gasteiger partial charge < -0.3 is 22.9 Å². The van der Waals surface area contributed by atoms with Crippen molar-refractivity contribution in [2.75, 3.05) is 0 Å². The van der Waals surface area contributed by atoms with Gasteiger partial charge in [-0.3, -0.25) is 0 Å². The molecule has 0 amide bonds. The summed E-state index contributed by atoms with van der Waals surface area (Å²) in [5.74, 6) is 0.635. The molecule has 2 aliphatic rings. The highest BCUT2D eigenvalue weighted by Crippen LogP contribution is 2.31. The molecule has 0 saturated heterocycles. The van der Waals surface area contributed by atoms with E-state index < -0.39 is 11.3 Å². The van der Waals surface area contributed by atoms with Crippen molar-refractivity contribution >= 4 is 0 Å². The van der Waals surface area contributed by atoms with E-state index in [0.717, 1.165) is 12.8 Å². The molecule has 1 atom stereocenters. The topological polar surface area (TPSA) is 104 Å². The van der Waals surface area contributed by atoms with Crippen LogP contribution in [0, 0.1) is 11.8 Å². The molecule has 0 heterocycles. The Morgan fingerprint density at radius 2 is 1.56 bits per heavy atom. The molecule has 0 saturated carbocycles. The Bertz CT molecular complexity index is 336. The van der Waals surface area contributed by atoms with E-state index in [4.69, 9.17) is 22.9 Å². The number of allylic oxidation sites excluding steroid dienone is 3. The lowest BCUT2D eigenvalue weighted by molar-refractivity contribution is 0.318. The van der Waals surface area contributed by atoms with Crippen LogP contribution in [0.5, 0.6) is 0 Å². The lowest BCUT2D eigenvalue weighted by Gasteiger charge is -2.34. The zero-order valence-electron chi connectivity index (χ0n) is 9.34. The van der Waals surface area contributed by atoms with Gasteiger partial charge in [-0.15, -0.1) is 0 Å². The maximum Gasteiger partial charge on any atom is 0.102 e. The van der Waals surface area contributed by atoms with Gasteiger partial charge in [-0.2, -0.15) is 0 Å². The Labute approximate surface area is 96.0 Å². The SMILES string of the molecule is NC1(N)C=CC(C2C=CCC(N)(N)C2)C=C1. The molecule has 1 unspecified atom stereocenters. The third-order valence-corrected chi connectivity index (χ3v) is 3.21. The molecule has 16 heavy (non-hydrogen) atoms. The first-order valence-corrected chi connectivity index (χ1v) is 5.59. The van der Waals surface area contributed by atoms with Crippen molar-refractivity contribution in [2.24, 2.45) is 34.8 Å². The largest absolute Gasteiger partial charge is 0.313 e. The second-order valence-electron chi connectivity index (χ2n) is 5.03. The lowest BCUT2D eigenvalue weighted by Crippen LogP contribution is -2.52. The minimum Gasteiger partial charge on any atom is -0.313 e. The molecule has 0 bridgehead atoms. The summed E-state index contributed by atoms with van der Waals surface area (Å²) in [5, 5.41) is 0. The smallest absolute Gasteiger partial charge is 0.102 e. The van der Waals surface area contributed by atoms with E-state index in [-0.39, 0.29) is 0 Å². The van der Waals surface area contributed by atoms with Gasteiger partial charge in [0.1, 0.15) is 5.66 Å². The number of rotatable bonds is 1. The fourth-order valence-electron chi connectivity index (χ4n) is 2.28. The molecular formula is C12H20N4. The summed E-state index contributed by atoms with van der Waals surface area (Å²) < 4.78 is 0. The molecule has 2 rings (SSSR count). The van der Waals surface area contributed by atoms with E-state index in [9.17, 15) is 0 Å². The normalized spacial score (nSPS) is 31.9. The highest BCUT2D eigenvalue weighted by atomic mass is 15.0. The first-order chi connectivity index (χ1) is 7.38. The Morgan fingerprint density at radius 3 is 2.12 bits per heavy atom. The van der Waals surface area contributed by atoms with Crippen LogP contribution in [0.4, 0.5) is 0 Å². The third-order valence-electron chi connectivity index (χ3n) is 3.21. The summed E-state index contributed by atoms with van der Waals surface area (Å²) in [7, 11) is 0. The zero-order chi connectivity index (χ0) is 11.8. The summed E-state index contributed by atoms with van der Waals surface area (Å²) >= 11 is 0. The second kappa shape index (κ2) is 3.82. The van der Waals surface area contributed by atoms with Crippen molar-refractivity contribution in [1.82, 2.24) is 0 Å². The molecule has 0 spiro atoms. The monoisotopic (exact) mass is 220 g/mol. The molecule has 4 heteroatoms. The van der Waals surface area contributed by atoms with E-state index >= 15 is 0 Å². The molecule has 0 aliphatic heterocycles. The molecule has 88 valence electrons. The van der Waals surface area contributed by atoms with Gasteiger partial charge in [0.15, 0.2) is 0 Å².